The number of hydrogen-bond donors (Lipinski definition) is 0. The van der Waals surface area contributed by atoms with Crippen LogP contribution in [0.5, 0.6) is 0 Å². The first-order chi connectivity index (χ1) is 7.33. The van der Waals surface area contributed by atoms with E-state index in [1.54, 1.807) is 0 Å². The first-order valence-corrected chi connectivity index (χ1v) is 6.04. The van der Waals surface area contributed by atoms with E-state index in [1.807, 2.05) is 0 Å². The summed E-state index contributed by atoms with van der Waals surface area (Å²) in [6, 6.07) is 0. The lowest BCUT2D eigenvalue weighted by Crippen LogP contribution is -2.47. The lowest BCUT2D eigenvalue weighted by molar-refractivity contribution is 0.00578. The molecule has 0 aliphatic carbocycles. The number of halogens is 1. The van der Waals surface area contributed by atoms with E-state index in [0.29, 0.717) is 5.94 Å². The van der Waals surface area contributed by atoms with Gasteiger partial charge in [0.15, 0.2) is 0 Å². The molecule has 0 spiro atoms. The van der Waals surface area contributed by atoms with Crippen molar-refractivity contribution < 1.29 is 9.31 Å². The summed E-state index contributed by atoms with van der Waals surface area (Å²) in [4.78, 5) is 2.29. The maximum Gasteiger partial charge on any atom is 0.476 e. The quantitative estimate of drug-likeness (QED) is 0.533. The van der Waals surface area contributed by atoms with Crippen LogP contribution in [0.3, 0.4) is 0 Å². The van der Waals surface area contributed by atoms with Crippen LogP contribution in [0, 0.1) is 0 Å². The third-order valence-electron chi connectivity index (χ3n) is 4.09. The average Bonchev–Trinajstić information content (AvgIpc) is 2.36. The van der Waals surface area contributed by atoms with Gasteiger partial charge in [0.25, 0.3) is 0 Å². The van der Waals surface area contributed by atoms with Crippen LogP contribution in [0.25, 0.3) is 0 Å². The Labute approximate surface area is 111 Å². The molecule has 2 aliphatic heterocycles. The molecule has 0 aromatic heterocycles. The number of rotatable bonds is 1. The molecular weight excluding hydrogens is 236 g/mol. The van der Waals surface area contributed by atoms with Crippen LogP contribution in [0.15, 0.2) is 12.2 Å². The van der Waals surface area contributed by atoms with Crippen molar-refractivity contribution in [3.8, 4) is 0 Å². The second kappa shape index (κ2) is 4.92. The molecule has 1 atom stereocenters. The SMILES string of the molecule is CN1CC=CCC1B1OC(C)(C)C(C)(C)O1.Cl. The molecule has 98 valence electrons. The predicted molar refractivity (Wildman–Crippen MR) is 73.5 cm³/mol. The van der Waals surface area contributed by atoms with Crippen LogP contribution in [0.1, 0.15) is 34.1 Å². The first kappa shape index (κ1) is 15.0. The van der Waals surface area contributed by atoms with Gasteiger partial charge in [0.05, 0.1) is 11.2 Å². The van der Waals surface area contributed by atoms with Crippen LogP contribution in [-0.4, -0.2) is 42.8 Å². The van der Waals surface area contributed by atoms with Crippen molar-refractivity contribution in [3.05, 3.63) is 12.2 Å². The molecule has 0 bridgehead atoms. The minimum absolute atomic E-state index is 0. The second-order valence-electron chi connectivity index (χ2n) is 5.84. The maximum atomic E-state index is 6.08. The lowest BCUT2D eigenvalue weighted by Gasteiger charge is -2.32. The Morgan fingerprint density at radius 3 is 2.12 bits per heavy atom. The van der Waals surface area contributed by atoms with Crippen molar-refractivity contribution >= 4 is 19.5 Å². The van der Waals surface area contributed by atoms with Gasteiger partial charge in [0.1, 0.15) is 0 Å². The highest BCUT2D eigenvalue weighted by atomic mass is 35.5. The minimum atomic E-state index is -0.223. The van der Waals surface area contributed by atoms with Crippen molar-refractivity contribution in [2.24, 2.45) is 0 Å². The molecule has 1 saturated heterocycles. The summed E-state index contributed by atoms with van der Waals surface area (Å²) in [7, 11) is 2.01. The standard InChI is InChI=1S/C12H22BNO2.ClH/c1-11(2)12(3,4)16-13(15-11)10-8-6-7-9-14(10)5;/h6-7,10H,8-9H2,1-5H3;1H. The first-order valence-electron chi connectivity index (χ1n) is 6.04. The van der Waals surface area contributed by atoms with E-state index < -0.39 is 0 Å². The van der Waals surface area contributed by atoms with Gasteiger partial charge < -0.3 is 14.2 Å². The highest BCUT2D eigenvalue weighted by Gasteiger charge is 2.54. The monoisotopic (exact) mass is 259 g/mol. The molecule has 2 rings (SSSR count). The van der Waals surface area contributed by atoms with Crippen LogP contribution in [0.2, 0.25) is 0 Å². The summed E-state index contributed by atoms with van der Waals surface area (Å²) in [5.41, 5.74) is -0.445. The Hall–Kier alpha value is -0.0251. The molecule has 3 nitrogen and oxygen atoms in total. The number of nitrogens with zero attached hydrogens (tertiary/aromatic N) is 1. The van der Waals surface area contributed by atoms with E-state index in [2.05, 4.69) is 51.8 Å². The Morgan fingerprint density at radius 1 is 1.12 bits per heavy atom. The van der Waals surface area contributed by atoms with Crippen molar-refractivity contribution in [1.29, 1.82) is 0 Å². The summed E-state index contributed by atoms with van der Waals surface area (Å²) >= 11 is 0. The molecule has 0 N–H and O–H groups in total. The Bertz CT molecular complexity index is 291. The zero-order chi connectivity index (χ0) is 12.0. The molecule has 1 fully saturated rings. The molecule has 0 aromatic carbocycles. The van der Waals surface area contributed by atoms with Crippen LogP contribution >= 0.6 is 12.4 Å². The van der Waals surface area contributed by atoms with Gasteiger partial charge in [-0.05, 0) is 41.2 Å². The summed E-state index contributed by atoms with van der Waals surface area (Å²) in [6.07, 6.45) is 5.42. The largest absolute Gasteiger partial charge is 0.476 e. The highest BCUT2D eigenvalue weighted by molar-refractivity contribution is 6.47. The van der Waals surface area contributed by atoms with E-state index in [0.717, 1.165) is 13.0 Å². The Kier molecular flexibility index (Phi) is 4.35. The van der Waals surface area contributed by atoms with Gasteiger partial charge >= 0.3 is 7.12 Å². The molecule has 2 heterocycles. The van der Waals surface area contributed by atoms with Crippen molar-refractivity contribution in [3.63, 3.8) is 0 Å². The smallest absolute Gasteiger partial charge is 0.402 e. The second-order valence-corrected chi connectivity index (χ2v) is 5.84. The molecule has 17 heavy (non-hydrogen) atoms. The van der Waals surface area contributed by atoms with E-state index in [-0.39, 0.29) is 30.7 Å². The van der Waals surface area contributed by atoms with Gasteiger partial charge in [-0.2, -0.15) is 0 Å². The van der Waals surface area contributed by atoms with Crippen molar-refractivity contribution in [2.75, 3.05) is 13.6 Å². The molecule has 0 saturated carbocycles. The summed E-state index contributed by atoms with van der Waals surface area (Å²) in [5, 5.41) is 0. The zero-order valence-electron chi connectivity index (χ0n) is 11.4. The van der Waals surface area contributed by atoms with E-state index in [9.17, 15) is 0 Å². The zero-order valence-corrected chi connectivity index (χ0v) is 12.2. The maximum absolute atomic E-state index is 6.08. The lowest BCUT2D eigenvalue weighted by atomic mass is 9.74. The topological polar surface area (TPSA) is 21.7 Å². The fourth-order valence-electron chi connectivity index (χ4n) is 2.16. The Balaban J connectivity index is 0.00000144. The van der Waals surface area contributed by atoms with E-state index in [1.165, 1.54) is 0 Å². The molecule has 5 heteroatoms. The minimum Gasteiger partial charge on any atom is -0.402 e. The summed E-state index contributed by atoms with van der Waals surface area (Å²) in [5.74, 6) is 0.339. The third kappa shape index (κ3) is 2.70. The molecular formula is C12H23BClNO2. The highest BCUT2D eigenvalue weighted by Crippen LogP contribution is 2.38. The third-order valence-corrected chi connectivity index (χ3v) is 4.09. The van der Waals surface area contributed by atoms with Crippen molar-refractivity contribution in [2.45, 2.75) is 51.3 Å². The number of hydrogen-bond acceptors (Lipinski definition) is 3. The molecule has 1 unspecified atom stereocenters. The number of likely N-dealkylation sites (N-methyl/N-ethyl adjacent to an activating group) is 1. The van der Waals surface area contributed by atoms with Gasteiger partial charge in [-0.25, -0.2) is 0 Å². The van der Waals surface area contributed by atoms with E-state index >= 15 is 0 Å². The Morgan fingerprint density at radius 2 is 1.65 bits per heavy atom. The molecule has 0 aromatic rings. The molecule has 0 radical (unpaired) electrons. The predicted octanol–water partition coefficient (Wildman–Crippen LogP) is 2.30. The summed E-state index contributed by atoms with van der Waals surface area (Å²) in [6.45, 7) is 9.39. The fraction of sp³-hybridized carbons (Fsp3) is 0.833. The fourth-order valence-corrected chi connectivity index (χ4v) is 2.16. The average molecular weight is 260 g/mol. The van der Waals surface area contributed by atoms with Crippen molar-refractivity contribution in [1.82, 2.24) is 4.90 Å². The van der Waals surface area contributed by atoms with Gasteiger partial charge in [-0.15, -0.1) is 12.4 Å². The van der Waals surface area contributed by atoms with Crippen LogP contribution in [-0.2, 0) is 9.31 Å². The molecule has 2 aliphatic rings. The summed E-state index contributed by atoms with van der Waals surface area (Å²) < 4.78 is 12.2. The molecule has 0 amide bonds. The van der Waals surface area contributed by atoms with Crippen LogP contribution in [0.4, 0.5) is 0 Å². The van der Waals surface area contributed by atoms with Crippen LogP contribution < -0.4 is 0 Å². The van der Waals surface area contributed by atoms with Gasteiger partial charge in [-0.1, -0.05) is 12.2 Å². The van der Waals surface area contributed by atoms with Gasteiger partial charge in [0.2, 0.25) is 0 Å². The van der Waals surface area contributed by atoms with E-state index in [4.69, 9.17) is 9.31 Å². The normalized spacial score (nSPS) is 31.4. The van der Waals surface area contributed by atoms with Gasteiger partial charge in [-0.3, -0.25) is 0 Å². The van der Waals surface area contributed by atoms with Gasteiger partial charge in [0, 0.05) is 12.5 Å².